The van der Waals surface area contributed by atoms with Gasteiger partial charge in [-0.3, -0.25) is 4.57 Å². The molecule has 0 spiro atoms. The van der Waals surface area contributed by atoms with Gasteiger partial charge >= 0.3 is 0 Å². The van der Waals surface area contributed by atoms with E-state index in [0.29, 0.717) is 22.5 Å². The summed E-state index contributed by atoms with van der Waals surface area (Å²) in [6.45, 7) is 8.71. The lowest BCUT2D eigenvalue weighted by molar-refractivity contribution is 0.618. The number of hydrogen-bond donors (Lipinski definition) is 0. The fourth-order valence-corrected chi connectivity index (χ4v) is 5.18. The standard InChI is InChI=1S/C31H26F2N2O/c1-17(2)21-7-5-8-22(18(3)4)29(21)35-27-14-12-19(32)15-26(27)34-31(35)25-10-6-9-24-23-13-11-20(33)16-28(23)36-30(24)25/h5-18H,1-4H3. The van der Waals surface area contributed by atoms with Gasteiger partial charge in [0.1, 0.15) is 28.6 Å². The van der Waals surface area contributed by atoms with E-state index in [1.54, 1.807) is 12.1 Å². The summed E-state index contributed by atoms with van der Waals surface area (Å²) in [6.07, 6.45) is 0. The highest BCUT2D eigenvalue weighted by atomic mass is 19.1. The molecule has 2 aromatic heterocycles. The van der Waals surface area contributed by atoms with E-state index < -0.39 is 0 Å². The normalized spacial score (nSPS) is 12.1. The second-order valence-corrected chi connectivity index (χ2v) is 9.92. The summed E-state index contributed by atoms with van der Waals surface area (Å²) in [5.41, 5.74) is 6.70. The molecule has 180 valence electrons. The van der Waals surface area contributed by atoms with Crippen molar-refractivity contribution in [2.75, 3.05) is 0 Å². The van der Waals surface area contributed by atoms with Crippen LogP contribution in [0.15, 0.2) is 77.2 Å². The Balaban J connectivity index is 1.77. The van der Waals surface area contributed by atoms with E-state index in [4.69, 9.17) is 9.40 Å². The highest BCUT2D eigenvalue weighted by molar-refractivity contribution is 6.09. The molecule has 2 heterocycles. The van der Waals surface area contributed by atoms with Gasteiger partial charge in [0.15, 0.2) is 0 Å². The van der Waals surface area contributed by atoms with Crippen LogP contribution in [-0.4, -0.2) is 9.55 Å². The number of para-hydroxylation sites is 2. The number of aromatic nitrogens is 2. The molecule has 6 rings (SSSR count). The minimum atomic E-state index is -0.349. The summed E-state index contributed by atoms with van der Waals surface area (Å²) in [7, 11) is 0. The third-order valence-electron chi connectivity index (χ3n) is 6.88. The molecule has 0 atom stereocenters. The summed E-state index contributed by atoms with van der Waals surface area (Å²) in [4.78, 5) is 4.95. The Bertz CT molecular complexity index is 1750. The maximum Gasteiger partial charge on any atom is 0.149 e. The quantitative estimate of drug-likeness (QED) is 0.252. The van der Waals surface area contributed by atoms with Gasteiger partial charge in [-0.15, -0.1) is 0 Å². The van der Waals surface area contributed by atoms with Crippen LogP contribution >= 0.6 is 0 Å². The van der Waals surface area contributed by atoms with Gasteiger partial charge < -0.3 is 4.42 Å². The van der Waals surface area contributed by atoms with Gasteiger partial charge in [-0.1, -0.05) is 58.0 Å². The monoisotopic (exact) mass is 480 g/mol. The van der Waals surface area contributed by atoms with E-state index in [1.807, 2.05) is 18.2 Å². The molecule has 0 bridgehead atoms. The molecule has 0 saturated heterocycles. The van der Waals surface area contributed by atoms with Crippen molar-refractivity contribution in [2.45, 2.75) is 39.5 Å². The zero-order valence-corrected chi connectivity index (χ0v) is 20.6. The first-order valence-corrected chi connectivity index (χ1v) is 12.3. The minimum absolute atomic E-state index is 0.259. The first-order valence-electron chi connectivity index (χ1n) is 12.3. The van der Waals surface area contributed by atoms with E-state index in [2.05, 4.69) is 50.5 Å². The Morgan fingerprint density at radius 2 is 1.42 bits per heavy atom. The molecule has 6 aromatic rings. The molecule has 0 saturated carbocycles. The maximum absolute atomic E-state index is 14.3. The van der Waals surface area contributed by atoms with Crippen molar-refractivity contribution in [1.29, 1.82) is 0 Å². The molecule has 0 amide bonds. The number of hydrogen-bond acceptors (Lipinski definition) is 2. The van der Waals surface area contributed by atoms with E-state index in [0.717, 1.165) is 27.5 Å². The first kappa shape index (κ1) is 22.5. The molecule has 0 radical (unpaired) electrons. The fraction of sp³-hybridized carbons (Fsp3) is 0.194. The van der Waals surface area contributed by atoms with Crippen LogP contribution in [0.2, 0.25) is 0 Å². The van der Waals surface area contributed by atoms with Crippen molar-refractivity contribution in [1.82, 2.24) is 9.55 Å². The van der Waals surface area contributed by atoms with Gasteiger partial charge in [-0.25, -0.2) is 13.8 Å². The minimum Gasteiger partial charge on any atom is -0.455 e. The van der Waals surface area contributed by atoms with Crippen LogP contribution in [0.4, 0.5) is 8.78 Å². The molecular formula is C31H26F2N2O. The van der Waals surface area contributed by atoms with Crippen LogP contribution in [0.1, 0.15) is 50.7 Å². The Kier molecular flexibility index (Phi) is 5.18. The fourth-order valence-electron chi connectivity index (χ4n) is 5.18. The highest BCUT2D eigenvalue weighted by Crippen LogP contribution is 2.41. The molecule has 0 N–H and O–H groups in total. The molecule has 5 heteroatoms. The van der Waals surface area contributed by atoms with Gasteiger partial charge in [-0.2, -0.15) is 0 Å². The van der Waals surface area contributed by atoms with E-state index in [-0.39, 0.29) is 23.5 Å². The van der Waals surface area contributed by atoms with E-state index in [9.17, 15) is 8.78 Å². The Hall–Kier alpha value is -3.99. The third-order valence-corrected chi connectivity index (χ3v) is 6.88. The number of rotatable bonds is 4. The lowest BCUT2D eigenvalue weighted by Gasteiger charge is -2.22. The van der Waals surface area contributed by atoms with Crippen LogP contribution in [0.3, 0.4) is 0 Å². The van der Waals surface area contributed by atoms with Crippen LogP contribution in [0, 0.1) is 11.6 Å². The predicted octanol–water partition coefficient (Wildman–Crippen LogP) is 9.12. The first-order chi connectivity index (χ1) is 17.3. The number of fused-ring (bicyclic) bond motifs is 4. The lowest BCUT2D eigenvalue weighted by atomic mass is 9.92. The molecule has 0 aliphatic carbocycles. The van der Waals surface area contributed by atoms with Gasteiger partial charge in [0.25, 0.3) is 0 Å². The average Bonchev–Trinajstić information content (AvgIpc) is 3.40. The lowest BCUT2D eigenvalue weighted by Crippen LogP contribution is -2.08. The highest BCUT2D eigenvalue weighted by Gasteiger charge is 2.24. The maximum atomic E-state index is 14.3. The van der Waals surface area contributed by atoms with E-state index in [1.165, 1.54) is 35.4 Å². The Morgan fingerprint density at radius 1 is 0.750 bits per heavy atom. The molecule has 0 aliphatic heterocycles. The largest absolute Gasteiger partial charge is 0.455 e. The Morgan fingerprint density at radius 3 is 2.14 bits per heavy atom. The predicted molar refractivity (Wildman–Crippen MR) is 142 cm³/mol. The van der Waals surface area contributed by atoms with Crippen LogP contribution in [0.5, 0.6) is 0 Å². The van der Waals surface area contributed by atoms with Crippen LogP contribution in [-0.2, 0) is 0 Å². The molecule has 4 aromatic carbocycles. The zero-order valence-electron chi connectivity index (χ0n) is 20.6. The summed E-state index contributed by atoms with van der Waals surface area (Å²) >= 11 is 0. The molecule has 3 nitrogen and oxygen atoms in total. The van der Waals surface area contributed by atoms with Crippen molar-refractivity contribution >= 4 is 33.0 Å². The molecular weight excluding hydrogens is 454 g/mol. The number of nitrogens with zero attached hydrogens (tertiary/aromatic N) is 2. The third kappa shape index (κ3) is 3.41. The van der Waals surface area contributed by atoms with Crippen molar-refractivity contribution < 1.29 is 13.2 Å². The van der Waals surface area contributed by atoms with Gasteiger partial charge in [-0.05, 0) is 53.3 Å². The van der Waals surface area contributed by atoms with Crippen molar-refractivity contribution in [2.24, 2.45) is 0 Å². The van der Waals surface area contributed by atoms with Gasteiger partial charge in [0.05, 0.1) is 22.3 Å². The number of halogens is 2. The average molecular weight is 481 g/mol. The molecule has 0 unspecified atom stereocenters. The smallest absolute Gasteiger partial charge is 0.149 e. The number of benzene rings is 4. The number of imidazole rings is 1. The second-order valence-electron chi connectivity index (χ2n) is 9.92. The Labute approximate surface area is 208 Å². The summed E-state index contributed by atoms with van der Waals surface area (Å²) in [5.74, 6) is 0.496. The van der Waals surface area contributed by atoms with Crippen LogP contribution < -0.4 is 0 Å². The SMILES string of the molecule is CC(C)c1cccc(C(C)C)c1-n1c(-c2cccc3c2oc2cc(F)ccc23)nc2cc(F)ccc21. The van der Waals surface area contributed by atoms with Crippen molar-refractivity contribution in [3.63, 3.8) is 0 Å². The molecule has 36 heavy (non-hydrogen) atoms. The number of furan rings is 1. The van der Waals surface area contributed by atoms with E-state index >= 15 is 0 Å². The summed E-state index contributed by atoms with van der Waals surface area (Å²) < 4.78 is 36.7. The van der Waals surface area contributed by atoms with Gasteiger partial charge in [0, 0.05) is 22.9 Å². The second kappa shape index (κ2) is 8.30. The van der Waals surface area contributed by atoms with Crippen molar-refractivity contribution in [3.05, 3.63) is 95.6 Å². The molecule has 0 aliphatic rings. The zero-order chi connectivity index (χ0) is 25.1. The summed E-state index contributed by atoms with van der Waals surface area (Å²) in [6, 6.07) is 21.6. The summed E-state index contributed by atoms with van der Waals surface area (Å²) in [5, 5.41) is 1.72. The topological polar surface area (TPSA) is 31.0 Å². The van der Waals surface area contributed by atoms with Crippen LogP contribution in [0.25, 0.3) is 50.0 Å². The molecule has 0 fully saturated rings. The van der Waals surface area contributed by atoms with Crippen molar-refractivity contribution in [3.8, 4) is 17.1 Å². The van der Waals surface area contributed by atoms with Gasteiger partial charge in [0.2, 0.25) is 0 Å².